The molecule has 1 N–H and O–H groups in total. The Balaban J connectivity index is 3.23. The first kappa shape index (κ1) is 23.1. The lowest BCUT2D eigenvalue weighted by molar-refractivity contribution is -0.571. The molecule has 0 spiro atoms. The van der Waals surface area contributed by atoms with Crippen molar-refractivity contribution < 1.29 is 79.7 Å². The molecule has 0 atom stereocenters. The van der Waals surface area contributed by atoms with Gasteiger partial charge in [0.25, 0.3) is 11.3 Å². The zero-order chi connectivity index (χ0) is 23.0. The second-order valence-electron chi connectivity index (χ2n) is 5.96. The summed E-state index contributed by atoms with van der Waals surface area (Å²) in [6.45, 7) is 0. The Hall–Kier alpha value is -1.23. The van der Waals surface area contributed by atoms with E-state index in [9.17, 15) is 74.6 Å². The van der Waals surface area contributed by atoms with Crippen molar-refractivity contribution in [2.24, 2.45) is 0 Å². The van der Waals surface area contributed by atoms with Gasteiger partial charge in [-0.25, -0.2) is 4.39 Å². The van der Waals surface area contributed by atoms with Crippen molar-refractivity contribution in [2.75, 3.05) is 0 Å². The van der Waals surface area contributed by atoms with Gasteiger partial charge in [-0.15, -0.1) is 0 Å². The molecule has 0 aromatic heterocycles. The summed E-state index contributed by atoms with van der Waals surface area (Å²) < 4.78 is 228. The van der Waals surface area contributed by atoms with E-state index >= 15 is 0 Å². The van der Waals surface area contributed by atoms with E-state index in [1.807, 2.05) is 0 Å². The fraction of sp³-hybridized carbons (Fsp3) is 1.00. The molecule has 0 heterocycles. The van der Waals surface area contributed by atoms with Crippen LogP contribution in [0.25, 0.3) is 0 Å². The van der Waals surface area contributed by atoms with E-state index in [1.165, 1.54) is 0 Å². The second kappa shape index (κ2) is 4.58. The first-order valence-electron chi connectivity index (χ1n) is 6.19. The summed E-state index contributed by atoms with van der Waals surface area (Å²) in [4.78, 5) is 0. The molecule has 28 heavy (non-hydrogen) atoms. The Morgan fingerprint density at radius 3 is 0.679 bits per heavy atom. The van der Waals surface area contributed by atoms with Crippen molar-refractivity contribution in [3.8, 4) is 0 Å². The molecule has 0 saturated heterocycles. The molecular weight excluding hydrogens is 459 g/mol. The van der Waals surface area contributed by atoms with Gasteiger partial charge in [0, 0.05) is 0 Å². The fourth-order valence-corrected chi connectivity index (χ4v) is 2.96. The lowest BCUT2D eigenvalue weighted by Crippen LogP contribution is -2.99. The average Bonchev–Trinajstić information content (AvgIpc) is 2.49. The van der Waals surface area contributed by atoms with Crippen LogP contribution in [0, 0.1) is 0 Å². The van der Waals surface area contributed by atoms with Gasteiger partial charge in [0.05, 0.1) is 0 Å². The predicted molar refractivity (Wildman–Crippen MR) is 48.4 cm³/mol. The van der Waals surface area contributed by atoms with Gasteiger partial charge >= 0.3 is 47.4 Å². The quantitative estimate of drug-likeness (QED) is 0.527. The Labute approximate surface area is 140 Å². The number of alkyl halides is 17. The van der Waals surface area contributed by atoms with Gasteiger partial charge in [-0.2, -0.15) is 70.2 Å². The highest BCUT2D eigenvalue weighted by Crippen LogP contribution is 2.79. The third kappa shape index (κ3) is 1.46. The highest BCUT2D eigenvalue weighted by molar-refractivity contribution is 5.42. The van der Waals surface area contributed by atoms with Crippen molar-refractivity contribution >= 4 is 0 Å². The molecule has 0 aromatic carbocycles. The highest BCUT2D eigenvalue weighted by Gasteiger charge is 3.14. The number of aliphatic hydroxyl groups is 1. The van der Waals surface area contributed by atoms with Gasteiger partial charge in [-0.05, 0) is 0 Å². The number of rotatable bonds is 0. The average molecular weight is 460 g/mol. The third-order valence-corrected chi connectivity index (χ3v) is 4.64. The normalized spacial score (nSPS) is 43.1. The SMILES string of the molecule is OC12C(F)(F)C(F)(F)C(F)(F)C(F)(F)C1(F)C(F)(F)C(F)(F)C(F)(F)C2(F)F. The standard InChI is InChI=1S/C10HF17O/c11-1-2(28,5(16,17)9(24,25)7(20,21)3(1,12)13)6(18,19)10(26,27)8(22,23)4(1,14)15/h28H. The molecule has 18 heteroatoms. The summed E-state index contributed by atoms with van der Waals surface area (Å²) in [5.41, 5.74) is -16.6. The van der Waals surface area contributed by atoms with Crippen LogP contribution in [-0.2, 0) is 0 Å². The molecule has 2 saturated carbocycles. The van der Waals surface area contributed by atoms with Crippen molar-refractivity contribution in [1.82, 2.24) is 0 Å². The molecule has 0 amide bonds. The van der Waals surface area contributed by atoms with Gasteiger partial charge in [0.15, 0.2) is 0 Å². The van der Waals surface area contributed by atoms with Crippen molar-refractivity contribution in [3.05, 3.63) is 0 Å². The number of halogens is 17. The first-order chi connectivity index (χ1) is 11.8. The molecule has 2 aliphatic carbocycles. The van der Waals surface area contributed by atoms with E-state index in [1.54, 1.807) is 0 Å². The second-order valence-corrected chi connectivity index (χ2v) is 5.96. The molecule has 1 nitrogen and oxygen atoms in total. The van der Waals surface area contributed by atoms with Crippen molar-refractivity contribution in [1.29, 1.82) is 0 Å². The Morgan fingerprint density at radius 2 is 0.464 bits per heavy atom. The van der Waals surface area contributed by atoms with E-state index in [-0.39, 0.29) is 0 Å². The van der Waals surface area contributed by atoms with Crippen LogP contribution in [0.4, 0.5) is 74.6 Å². The van der Waals surface area contributed by atoms with Gasteiger partial charge in [-0.3, -0.25) is 0 Å². The van der Waals surface area contributed by atoms with Crippen LogP contribution in [0.5, 0.6) is 0 Å². The van der Waals surface area contributed by atoms with E-state index in [4.69, 9.17) is 5.11 Å². The van der Waals surface area contributed by atoms with Crippen LogP contribution in [0.3, 0.4) is 0 Å². The minimum Gasteiger partial charge on any atom is -0.375 e. The van der Waals surface area contributed by atoms with Crippen molar-refractivity contribution in [3.63, 3.8) is 0 Å². The third-order valence-electron chi connectivity index (χ3n) is 4.64. The summed E-state index contributed by atoms with van der Waals surface area (Å²) in [7, 11) is 0. The van der Waals surface area contributed by atoms with E-state index in [0.717, 1.165) is 0 Å². The molecule has 0 aliphatic heterocycles. The number of hydrogen-bond donors (Lipinski definition) is 1. The van der Waals surface area contributed by atoms with Crippen LogP contribution < -0.4 is 0 Å². The van der Waals surface area contributed by atoms with E-state index < -0.39 is 58.7 Å². The first-order valence-corrected chi connectivity index (χ1v) is 6.19. The van der Waals surface area contributed by atoms with Gasteiger partial charge in [0.1, 0.15) is 0 Å². The molecule has 0 unspecified atom stereocenters. The zero-order valence-electron chi connectivity index (χ0n) is 11.9. The molecule has 2 rings (SSSR count). The van der Waals surface area contributed by atoms with Crippen LogP contribution in [0.15, 0.2) is 0 Å². The van der Waals surface area contributed by atoms with Crippen LogP contribution in [0.1, 0.15) is 0 Å². The summed E-state index contributed by atoms with van der Waals surface area (Å²) in [5, 5.41) is 8.85. The van der Waals surface area contributed by atoms with Gasteiger partial charge < -0.3 is 5.11 Å². The monoisotopic (exact) mass is 460 g/mol. The number of hydrogen-bond acceptors (Lipinski definition) is 1. The maximum absolute atomic E-state index is 14.3. The number of fused-ring (bicyclic) bond motifs is 1. The summed E-state index contributed by atoms with van der Waals surface area (Å²) >= 11 is 0. The Bertz CT molecular complexity index is 593. The van der Waals surface area contributed by atoms with Gasteiger partial charge in [0.2, 0.25) is 0 Å². The van der Waals surface area contributed by atoms with E-state index in [0.29, 0.717) is 0 Å². The topological polar surface area (TPSA) is 20.2 Å². The minimum absolute atomic E-state index is 8.10. The Kier molecular flexibility index (Phi) is 3.77. The van der Waals surface area contributed by atoms with Crippen molar-refractivity contribution in [2.45, 2.75) is 58.7 Å². The maximum atomic E-state index is 14.3. The molecule has 0 bridgehead atoms. The zero-order valence-corrected chi connectivity index (χ0v) is 11.9. The van der Waals surface area contributed by atoms with Crippen LogP contribution in [0.2, 0.25) is 0 Å². The highest BCUT2D eigenvalue weighted by atomic mass is 19.4. The van der Waals surface area contributed by atoms with E-state index in [2.05, 4.69) is 0 Å². The fourth-order valence-electron chi connectivity index (χ4n) is 2.96. The smallest absolute Gasteiger partial charge is 0.375 e. The molecule has 166 valence electrons. The maximum Gasteiger partial charge on any atom is 0.382 e. The molecular formula is C10HF17O. The van der Waals surface area contributed by atoms with Crippen LogP contribution >= 0.6 is 0 Å². The largest absolute Gasteiger partial charge is 0.382 e. The summed E-state index contributed by atoms with van der Waals surface area (Å²) in [5.74, 6) is -65.7. The summed E-state index contributed by atoms with van der Waals surface area (Å²) in [6.07, 6.45) is 0. The predicted octanol–water partition coefficient (Wildman–Crippen LogP) is 4.54. The minimum atomic E-state index is -8.42. The molecule has 0 aromatic rings. The lowest BCUT2D eigenvalue weighted by atomic mass is 9.53. The molecule has 2 fully saturated rings. The van der Waals surface area contributed by atoms with Gasteiger partial charge in [-0.1, -0.05) is 0 Å². The summed E-state index contributed by atoms with van der Waals surface area (Å²) in [6, 6.07) is 0. The Morgan fingerprint density at radius 1 is 0.286 bits per heavy atom. The van der Waals surface area contributed by atoms with Crippen LogP contribution in [-0.4, -0.2) is 63.8 Å². The molecule has 2 aliphatic rings. The lowest BCUT2D eigenvalue weighted by Gasteiger charge is -2.64. The molecule has 0 radical (unpaired) electrons.